The molecule has 0 saturated heterocycles. The molecule has 0 amide bonds. The first kappa shape index (κ1) is 14.8. The SMILES string of the molecule is NC(=NO)c1ccc(Oc2ccc(Cl)c(Cl)c2)c(Cl)c1. The van der Waals surface area contributed by atoms with E-state index in [9.17, 15) is 0 Å². The van der Waals surface area contributed by atoms with Gasteiger partial charge in [0.15, 0.2) is 5.84 Å². The minimum absolute atomic E-state index is 0.0343. The van der Waals surface area contributed by atoms with Crippen molar-refractivity contribution in [2.24, 2.45) is 10.9 Å². The van der Waals surface area contributed by atoms with Crippen LogP contribution in [0.1, 0.15) is 5.56 Å². The number of nitrogens with zero attached hydrogens (tertiary/aromatic N) is 1. The second-order valence-electron chi connectivity index (χ2n) is 3.81. The van der Waals surface area contributed by atoms with Crippen LogP contribution >= 0.6 is 34.8 Å². The predicted molar refractivity (Wildman–Crippen MR) is 80.5 cm³/mol. The van der Waals surface area contributed by atoms with E-state index in [-0.39, 0.29) is 5.84 Å². The first-order valence-electron chi connectivity index (χ1n) is 5.41. The number of hydrogen-bond donors (Lipinski definition) is 2. The Morgan fingerprint density at radius 1 is 1.00 bits per heavy atom. The van der Waals surface area contributed by atoms with Crippen LogP contribution in [-0.2, 0) is 0 Å². The molecule has 0 radical (unpaired) electrons. The molecule has 0 bridgehead atoms. The second kappa shape index (κ2) is 6.22. The van der Waals surface area contributed by atoms with Gasteiger partial charge >= 0.3 is 0 Å². The van der Waals surface area contributed by atoms with Crippen molar-refractivity contribution in [2.75, 3.05) is 0 Å². The van der Waals surface area contributed by atoms with Crippen LogP contribution in [0.2, 0.25) is 15.1 Å². The molecule has 0 fully saturated rings. The van der Waals surface area contributed by atoms with E-state index in [0.29, 0.717) is 32.1 Å². The van der Waals surface area contributed by atoms with Crippen molar-refractivity contribution in [2.45, 2.75) is 0 Å². The third kappa shape index (κ3) is 3.28. The minimum atomic E-state index is -0.0343. The van der Waals surface area contributed by atoms with Crippen molar-refractivity contribution < 1.29 is 9.94 Å². The molecule has 7 heteroatoms. The summed E-state index contributed by atoms with van der Waals surface area (Å²) in [6.45, 7) is 0. The maximum Gasteiger partial charge on any atom is 0.170 e. The van der Waals surface area contributed by atoms with E-state index in [4.69, 9.17) is 50.5 Å². The van der Waals surface area contributed by atoms with Gasteiger partial charge in [0.25, 0.3) is 0 Å². The molecule has 0 saturated carbocycles. The summed E-state index contributed by atoms with van der Waals surface area (Å²) in [6.07, 6.45) is 0. The van der Waals surface area contributed by atoms with Crippen LogP contribution in [0.25, 0.3) is 0 Å². The molecule has 0 heterocycles. The van der Waals surface area contributed by atoms with Gasteiger partial charge in [-0.05, 0) is 30.3 Å². The zero-order valence-corrected chi connectivity index (χ0v) is 12.2. The van der Waals surface area contributed by atoms with Crippen LogP contribution in [0.15, 0.2) is 41.6 Å². The number of benzene rings is 2. The molecule has 0 aliphatic heterocycles. The third-order valence-corrected chi connectivity index (χ3v) is 3.49. The molecular formula is C13H9Cl3N2O2. The summed E-state index contributed by atoms with van der Waals surface area (Å²) >= 11 is 17.8. The second-order valence-corrected chi connectivity index (χ2v) is 5.03. The number of nitrogens with two attached hydrogens (primary N) is 1. The van der Waals surface area contributed by atoms with Gasteiger partial charge in [0.05, 0.1) is 15.1 Å². The summed E-state index contributed by atoms with van der Waals surface area (Å²) in [4.78, 5) is 0. The van der Waals surface area contributed by atoms with Gasteiger partial charge in [0, 0.05) is 11.6 Å². The number of rotatable bonds is 3. The van der Waals surface area contributed by atoms with Crippen molar-refractivity contribution >= 4 is 40.6 Å². The van der Waals surface area contributed by atoms with Crippen molar-refractivity contribution in [3.63, 3.8) is 0 Å². The van der Waals surface area contributed by atoms with Gasteiger partial charge in [-0.25, -0.2) is 0 Å². The summed E-state index contributed by atoms with van der Waals surface area (Å²) < 4.78 is 5.60. The molecule has 20 heavy (non-hydrogen) atoms. The number of amidine groups is 1. The van der Waals surface area contributed by atoms with E-state index < -0.39 is 0 Å². The number of ether oxygens (including phenoxy) is 1. The van der Waals surface area contributed by atoms with Gasteiger partial charge in [0.2, 0.25) is 0 Å². The Kier molecular flexibility index (Phi) is 4.60. The molecule has 0 aromatic heterocycles. The summed E-state index contributed by atoms with van der Waals surface area (Å²) in [5, 5.41) is 12.6. The van der Waals surface area contributed by atoms with E-state index >= 15 is 0 Å². The standard InChI is InChI=1S/C13H9Cl3N2O2/c14-9-3-2-8(6-10(9)15)20-12-4-1-7(5-11(12)16)13(17)18-19/h1-6,19H,(H2,17,18). The van der Waals surface area contributed by atoms with Gasteiger partial charge < -0.3 is 15.7 Å². The lowest BCUT2D eigenvalue weighted by molar-refractivity contribution is 0.318. The van der Waals surface area contributed by atoms with Crippen LogP contribution in [-0.4, -0.2) is 11.0 Å². The Morgan fingerprint density at radius 2 is 1.75 bits per heavy atom. The number of oxime groups is 1. The average molecular weight is 332 g/mol. The highest BCUT2D eigenvalue weighted by Gasteiger charge is 2.08. The van der Waals surface area contributed by atoms with Crippen LogP contribution in [0.5, 0.6) is 11.5 Å². The quantitative estimate of drug-likeness (QED) is 0.376. The highest BCUT2D eigenvalue weighted by molar-refractivity contribution is 6.42. The largest absolute Gasteiger partial charge is 0.456 e. The monoisotopic (exact) mass is 330 g/mol. The summed E-state index contributed by atoms with van der Waals surface area (Å²) in [6, 6.07) is 9.63. The Bertz CT molecular complexity index is 675. The average Bonchev–Trinajstić information content (AvgIpc) is 2.44. The zero-order chi connectivity index (χ0) is 14.7. The van der Waals surface area contributed by atoms with E-state index in [0.717, 1.165) is 0 Å². The van der Waals surface area contributed by atoms with E-state index in [1.165, 1.54) is 6.07 Å². The molecule has 2 rings (SSSR count). The highest BCUT2D eigenvalue weighted by Crippen LogP contribution is 2.33. The topological polar surface area (TPSA) is 67.8 Å². The Morgan fingerprint density at radius 3 is 2.35 bits per heavy atom. The van der Waals surface area contributed by atoms with Crippen molar-refractivity contribution in [3.05, 3.63) is 57.0 Å². The smallest absolute Gasteiger partial charge is 0.170 e. The molecule has 0 aliphatic carbocycles. The fourth-order valence-corrected chi connectivity index (χ4v) is 1.98. The van der Waals surface area contributed by atoms with Crippen molar-refractivity contribution in [1.82, 2.24) is 0 Å². The van der Waals surface area contributed by atoms with E-state index in [2.05, 4.69) is 5.16 Å². The molecule has 3 N–H and O–H groups in total. The van der Waals surface area contributed by atoms with Gasteiger partial charge in [-0.15, -0.1) is 0 Å². The van der Waals surface area contributed by atoms with E-state index in [1.54, 1.807) is 30.3 Å². The Labute approximate surface area is 130 Å². The third-order valence-electron chi connectivity index (χ3n) is 2.45. The van der Waals surface area contributed by atoms with Crippen LogP contribution in [0, 0.1) is 0 Å². The number of hydrogen-bond acceptors (Lipinski definition) is 3. The molecule has 4 nitrogen and oxygen atoms in total. The molecule has 0 aliphatic rings. The van der Waals surface area contributed by atoms with Gasteiger partial charge in [-0.3, -0.25) is 0 Å². The fourth-order valence-electron chi connectivity index (χ4n) is 1.47. The molecule has 104 valence electrons. The maximum absolute atomic E-state index is 8.60. The minimum Gasteiger partial charge on any atom is -0.456 e. The first-order valence-corrected chi connectivity index (χ1v) is 6.55. The fraction of sp³-hybridized carbons (Fsp3) is 0. The Hall–Kier alpha value is -1.62. The van der Waals surface area contributed by atoms with Crippen molar-refractivity contribution in [3.8, 4) is 11.5 Å². The van der Waals surface area contributed by atoms with Gasteiger partial charge in [-0.1, -0.05) is 40.0 Å². The van der Waals surface area contributed by atoms with Crippen LogP contribution in [0.3, 0.4) is 0 Å². The van der Waals surface area contributed by atoms with E-state index in [1.807, 2.05) is 0 Å². The maximum atomic E-state index is 8.60. The predicted octanol–water partition coefficient (Wildman–Crippen LogP) is 4.53. The molecule has 0 unspecified atom stereocenters. The lowest BCUT2D eigenvalue weighted by atomic mass is 10.2. The molecular weight excluding hydrogens is 323 g/mol. The lowest BCUT2D eigenvalue weighted by Gasteiger charge is -2.09. The summed E-state index contributed by atoms with van der Waals surface area (Å²) in [5.74, 6) is 0.880. The van der Waals surface area contributed by atoms with Crippen molar-refractivity contribution in [1.29, 1.82) is 0 Å². The van der Waals surface area contributed by atoms with Gasteiger partial charge in [-0.2, -0.15) is 0 Å². The summed E-state index contributed by atoms with van der Waals surface area (Å²) in [7, 11) is 0. The highest BCUT2D eigenvalue weighted by atomic mass is 35.5. The van der Waals surface area contributed by atoms with Crippen LogP contribution in [0.4, 0.5) is 0 Å². The molecule has 0 spiro atoms. The van der Waals surface area contributed by atoms with Gasteiger partial charge in [0.1, 0.15) is 11.5 Å². The normalized spacial score (nSPS) is 11.4. The molecule has 2 aromatic rings. The first-order chi connectivity index (χ1) is 9.51. The summed E-state index contributed by atoms with van der Waals surface area (Å²) in [5.41, 5.74) is 5.96. The number of halogens is 3. The molecule has 0 atom stereocenters. The molecule has 2 aromatic carbocycles. The Balaban J connectivity index is 2.28. The zero-order valence-electron chi connectivity index (χ0n) is 9.98. The van der Waals surface area contributed by atoms with Crippen LogP contribution < -0.4 is 10.5 Å². The lowest BCUT2D eigenvalue weighted by Crippen LogP contribution is -2.12.